The number of nitrogens with zero attached hydrogens (tertiary/aromatic N) is 3. The minimum atomic E-state index is 0.120. The number of methoxy groups -OCH3 is 1. The third-order valence-corrected chi connectivity index (χ3v) is 8.33. The van der Waals surface area contributed by atoms with E-state index in [1.54, 1.807) is 7.11 Å². The summed E-state index contributed by atoms with van der Waals surface area (Å²) in [5.74, 6) is 2.66. The number of ether oxygens (including phenoxy) is 1. The number of aromatic nitrogens is 1. The lowest BCUT2D eigenvalue weighted by Gasteiger charge is -2.38. The van der Waals surface area contributed by atoms with Gasteiger partial charge in [-0.2, -0.15) is 0 Å². The molecule has 7 heteroatoms. The van der Waals surface area contributed by atoms with Crippen LogP contribution >= 0.6 is 0 Å². The van der Waals surface area contributed by atoms with Crippen molar-refractivity contribution in [2.45, 2.75) is 45.4 Å². The van der Waals surface area contributed by atoms with E-state index in [1.165, 1.54) is 5.56 Å². The Morgan fingerprint density at radius 2 is 1.79 bits per heavy atom. The first-order valence-corrected chi connectivity index (χ1v) is 14.2. The molecule has 2 aliphatic heterocycles. The molecule has 1 aromatic heterocycles. The van der Waals surface area contributed by atoms with Crippen LogP contribution in [0.3, 0.4) is 0 Å². The van der Waals surface area contributed by atoms with Crippen LogP contribution in [0.5, 0.6) is 5.75 Å². The molecule has 2 atom stereocenters. The summed E-state index contributed by atoms with van der Waals surface area (Å²) in [5, 5.41) is 7.93. The van der Waals surface area contributed by atoms with Crippen LogP contribution in [0.1, 0.15) is 44.9 Å². The van der Waals surface area contributed by atoms with Gasteiger partial charge in [0.05, 0.1) is 18.5 Å². The number of para-hydroxylation sites is 2. The van der Waals surface area contributed by atoms with Gasteiger partial charge in [0.15, 0.2) is 5.76 Å². The Balaban J connectivity index is 1.17. The third kappa shape index (κ3) is 6.47. The van der Waals surface area contributed by atoms with Gasteiger partial charge in [-0.1, -0.05) is 62.3 Å². The van der Waals surface area contributed by atoms with E-state index in [2.05, 4.69) is 72.5 Å². The fourth-order valence-electron chi connectivity index (χ4n) is 5.87. The fourth-order valence-corrected chi connectivity index (χ4v) is 5.87. The third-order valence-electron chi connectivity index (χ3n) is 8.33. The Morgan fingerprint density at radius 1 is 1.05 bits per heavy atom. The monoisotopic (exact) mass is 530 g/mol. The number of nitrogens with one attached hydrogen (secondary N) is 1. The van der Waals surface area contributed by atoms with Gasteiger partial charge in [-0.25, -0.2) is 0 Å². The van der Waals surface area contributed by atoms with Crippen LogP contribution in [-0.4, -0.2) is 62.3 Å². The Kier molecular flexibility index (Phi) is 8.26. The summed E-state index contributed by atoms with van der Waals surface area (Å²) in [7, 11) is 1.71. The number of carbonyl (C=O) groups is 1. The SMILES string of the molecule is COc1ccccc1N1CCN(C(=O)C[C@@H]2CCNC[C@@H]2Cc2cc(-c3ccc(C(C)(C)C)cc3)on2)CC1. The number of hydrogen-bond acceptors (Lipinski definition) is 6. The average molecular weight is 531 g/mol. The number of piperazine rings is 1. The molecule has 0 spiro atoms. The lowest BCUT2D eigenvalue weighted by atomic mass is 9.81. The summed E-state index contributed by atoms with van der Waals surface area (Å²) in [4.78, 5) is 17.7. The zero-order valence-corrected chi connectivity index (χ0v) is 23.8. The van der Waals surface area contributed by atoms with Crippen molar-refractivity contribution >= 4 is 11.6 Å². The molecule has 2 fully saturated rings. The molecule has 39 heavy (non-hydrogen) atoms. The first-order valence-electron chi connectivity index (χ1n) is 14.2. The standard InChI is InChI=1S/C32H42N4O3/c1-32(2,3)26-11-9-23(10-12-26)30-21-27(34-39-30)19-25-22-33-14-13-24(25)20-31(37)36-17-15-35(16-18-36)28-7-5-6-8-29(28)38-4/h5-12,21,24-25,33H,13-20,22H2,1-4H3/t24-,25-/m0/s1. The molecule has 2 aliphatic rings. The van der Waals surface area contributed by atoms with E-state index in [1.807, 2.05) is 23.1 Å². The zero-order chi connectivity index (χ0) is 27.4. The zero-order valence-electron chi connectivity index (χ0n) is 23.8. The maximum Gasteiger partial charge on any atom is 0.222 e. The van der Waals surface area contributed by atoms with Crippen molar-refractivity contribution in [2.24, 2.45) is 11.8 Å². The van der Waals surface area contributed by atoms with E-state index in [9.17, 15) is 4.79 Å². The number of carbonyl (C=O) groups excluding carboxylic acids is 1. The van der Waals surface area contributed by atoms with Gasteiger partial charge in [0, 0.05) is 44.2 Å². The van der Waals surface area contributed by atoms with Crippen LogP contribution in [0.2, 0.25) is 0 Å². The van der Waals surface area contributed by atoms with Gasteiger partial charge in [-0.3, -0.25) is 4.79 Å². The lowest BCUT2D eigenvalue weighted by Crippen LogP contribution is -2.50. The van der Waals surface area contributed by atoms with E-state index >= 15 is 0 Å². The van der Waals surface area contributed by atoms with Crippen LogP contribution in [0.25, 0.3) is 11.3 Å². The summed E-state index contributed by atoms with van der Waals surface area (Å²) in [6.07, 6.45) is 2.42. The highest BCUT2D eigenvalue weighted by Crippen LogP contribution is 2.31. The van der Waals surface area contributed by atoms with Crippen LogP contribution in [-0.2, 0) is 16.6 Å². The smallest absolute Gasteiger partial charge is 0.222 e. The molecule has 0 unspecified atom stereocenters. The second-order valence-electron chi connectivity index (χ2n) is 12.0. The van der Waals surface area contributed by atoms with E-state index in [4.69, 9.17) is 9.26 Å². The van der Waals surface area contributed by atoms with Crippen LogP contribution in [0, 0.1) is 11.8 Å². The number of piperidine rings is 1. The molecular formula is C32H42N4O3. The summed E-state index contributed by atoms with van der Waals surface area (Å²) >= 11 is 0. The quantitative estimate of drug-likeness (QED) is 0.455. The topological polar surface area (TPSA) is 70.8 Å². The molecule has 1 N–H and O–H groups in total. The highest BCUT2D eigenvalue weighted by atomic mass is 16.5. The normalized spacial score (nSPS) is 20.2. The van der Waals surface area contributed by atoms with Crippen molar-refractivity contribution in [3.05, 3.63) is 65.9 Å². The van der Waals surface area contributed by atoms with Crippen molar-refractivity contribution in [1.82, 2.24) is 15.4 Å². The molecule has 2 aromatic carbocycles. The summed E-state index contributed by atoms with van der Waals surface area (Å²) in [6.45, 7) is 11.6. The molecule has 2 saturated heterocycles. The highest BCUT2D eigenvalue weighted by molar-refractivity contribution is 5.77. The summed E-state index contributed by atoms with van der Waals surface area (Å²) in [5.41, 5.74) is 4.52. The predicted octanol–water partition coefficient (Wildman–Crippen LogP) is 5.15. The summed E-state index contributed by atoms with van der Waals surface area (Å²) in [6, 6.07) is 18.7. The number of hydrogen-bond donors (Lipinski definition) is 1. The van der Waals surface area contributed by atoms with Gasteiger partial charge in [-0.15, -0.1) is 0 Å². The predicted molar refractivity (Wildman–Crippen MR) is 155 cm³/mol. The Bertz CT molecular complexity index is 1240. The number of anilines is 1. The maximum absolute atomic E-state index is 13.3. The van der Waals surface area contributed by atoms with Gasteiger partial charge in [0.25, 0.3) is 0 Å². The molecular weight excluding hydrogens is 488 g/mol. The van der Waals surface area contributed by atoms with Crippen LogP contribution in [0.15, 0.2) is 59.1 Å². The maximum atomic E-state index is 13.3. The van der Waals surface area contributed by atoms with Crippen molar-refractivity contribution in [3.63, 3.8) is 0 Å². The molecule has 3 heterocycles. The van der Waals surface area contributed by atoms with Crippen molar-refractivity contribution in [2.75, 3.05) is 51.3 Å². The average Bonchev–Trinajstić information content (AvgIpc) is 3.42. The Labute approximate surface area is 232 Å². The highest BCUT2D eigenvalue weighted by Gasteiger charge is 2.31. The minimum Gasteiger partial charge on any atom is -0.495 e. The van der Waals surface area contributed by atoms with Crippen LogP contribution in [0.4, 0.5) is 5.69 Å². The second kappa shape index (κ2) is 11.8. The van der Waals surface area contributed by atoms with Gasteiger partial charge < -0.3 is 24.4 Å². The molecule has 7 nitrogen and oxygen atoms in total. The molecule has 0 bridgehead atoms. The van der Waals surface area contributed by atoms with E-state index in [-0.39, 0.29) is 11.3 Å². The van der Waals surface area contributed by atoms with Crippen molar-refractivity contribution in [3.8, 4) is 17.1 Å². The van der Waals surface area contributed by atoms with E-state index in [0.29, 0.717) is 18.3 Å². The molecule has 5 rings (SSSR count). The molecule has 3 aromatic rings. The lowest BCUT2D eigenvalue weighted by molar-refractivity contribution is -0.133. The van der Waals surface area contributed by atoms with E-state index in [0.717, 1.165) is 80.6 Å². The van der Waals surface area contributed by atoms with Gasteiger partial charge >= 0.3 is 0 Å². The van der Waals surface area contributed by atoms with Gasteiger partial charge in [0.2, 0.25) is 5.91 Å². The first kappa shape index (κ1) is 27.3. The Hall–Kier alpha value is -3.32. The summed E-state index contributed by atoms with van der Waals surface area (Å²) < 4.78 is 11.3. The van der Waals surface area contributed by atoms with Gasteiger partial charge in [-0.05, 0) is 60.9 Å². The molecule has 0 radical (unpaired) electrons. The number of amides is 1. The molecule has 0 saturated carbocycles. The van der Waals surface area contributed by atoms with E-state index < -0.39 is 0 Å². The fraction of sp³-hybridized carbons (Fsp3) is 0.500. The molecule has 0 aliphatic carbocycles. The van der Waals surface area contributed by atoms with Crippen molar-refractivity contribution in [1.29, 1.82) is 0 Å². The first-order chi connectivity index (χ1) is 18.8. The molecule has 208 valence electrons. The Morgan fingerprint density at radius 3 is 2.51 bits per heavy atom. The number of rotatable bonds is 7. The number of benzene rings is 2. The van der Waals surface area contributed by atoms with Gasteiger partial charge in [0.1, 0.15) is 5.75 Å². The van der Waals surface area contributed by atoms with Crippen molar-refractivity contribution < 1.29 is 14.1 Å². The second-order valence-corrected chi connectivity index (χ2v) is 12.0. The largest absolute Gasteiger partial charge is 0.495 e. The molecule has 1 amide bonds. The van der Waals surface area contributed by atoms with Crippen LogP contribution < -0.4 is 15.0 Å². The minimum absolute atomic E-state index is 0.120.